The summed E-state index contributed by atoms with van der Waals surface area (Å²) in [4.78, 5) is 32.5. The van der Waals surface area contributed by atoms with Gasteiger partial charge in [0.05, 0.1) is 5.39 Å². The van der Waals surface area contributed by atoms with Gasteiger partial charge in [0, 0.05) is 37.0 Å². The third kappa shape index (κ3) is 5.49. The molecule has 0 aliphatic carbocycles. The summed E-state index contributed by atoms with van der Waals surface area (Å²) in [5.41, 5.74) is 2.93. The summed E-state index contributed by atoms with van der Waals surface area (Å²) < 4.78 is 9.37. The number of ether oxygens (including phenoxy) is 1. The van der Waals surface area contributed by atoms with Gasteiger partial charge < -0.3 is 14.2 Å². The molecular formula is C27H30N4O3S. The molecule has 0 atom stereocenters. The number of carbonyl (C=O) groups is 1. The second-order valence-electron chi connectivity index (χ2n) is 8.53. The third-order valence-corrected chi connectivity index (χ3v) is 6.51. The lowest BCUT2D eigenvalue weighted by molar-refractivity contribution is 0.103. The van der Waals surface area contributed by atoms with Crippen molar-refractivity contribution in [2.45, 2.75) is 25.2 Å². The largest absolute Gasteiger partial charge is 0.492 e. The van der Waals surface area contributed by atoms with Gasteiger partial charge in [-0.15, -0.1) is 0 Å². The zero-order valence-electron chi connectivity index (χ0n) is 20.5. The first-order valence-electron chi connectivity index (χ1n) is 11.6. The first kappa shape index (κ1) is 24.8. The van der Waals surface area contributed by atoms with Crippen LogP contribution in [0.1, 0.15) is 28.4 Å². The summed E-state index contributed by atoms with van der Waals surface area (Å²) in [6.07, 6.45) is 3.82. The maximum atomic E-state index is 12.9. The number of rotatable bonds is 10. The van der Waals surface area contributed by atoms with Crippen LogP contribution in [0.5, 0.6) is 5.75 Å². The SMILES string of the molecule is CCn1c(SC)nc2c(ccn2Cc2ccc(C(=O)c3ccc(OCCN(C)C)cc3)cc2)c1=O. The van der Waals surface area contributed by atoms with Gasteiger partial charge in [0.15, 0.2) is 10.9 Å². The monoisotopic (exact) mass is 490 g/mol. The van der Waals surface area contributed by atoms with E-state index in [0.29, 0.717) is 47.0 Å². The number of hydrogen-bond acceptors (Lipinski definition) is 6. The van der Waals surface area contributed by atoms with E-state index in [1.54, 1.807) is 16.7 Å². The zero-order chi connectivity index (χ0) is 24.9. The fourth-order valence-electron chi connectivity index (χ4n) is 3.87. The van der Waals surface area contributed by atoms with E-state index in [1.165, 1.54) is 11.8 Å². The quantitative estimate of drug-likeness (QED) is 0.189. The molecule has 7 nitrogen and oxygen atoms in total. The van der Waals surface area contributed by atoms with Gasteiger partial charge in [-0.25, -0.2) is 4.98 Å². The van der Waals surface area contributed by atoms with Crippen molar-refractivity contribution in [2.24, 2.45) is 0 Å². The van der Waals surface area contributed by atoms with Gasteiger partial charge in [-0.05, 0) is 63.2 Å². The van der Waals surface area contributed by atoms with E-state index < -0.39 is 0 Å². The number of fused-ring (bicyclic) bond motifs is 1. The van der Waals surface area contributed by atoms with Crippen LogP contribution in [-0.4, -0.2) is 58.3 Å². The highest BCUT2D eigenvalue weighted by molar-refractivity contribution is 7.98. The first-order chi connectivity index (χ1) is 16.9. The molecule has 35 heavy (non-hydrogen) atoms. The molecule has 0 N–H and O–H groups in total. The number of nitrogens with zero attached hydrogens (tertiary/aromatic N) is 4. The average molecular weight is 491 g/mol. The molecule has 4 aromatic rings. The molecule has 0 spiro atoms. The second kappa shape index (κ2) is 10.9. The molecule has 0 radical (unpaired) electrons. The van der Waals surface area contributed by atoms with Crippen LogP contribution in [-0.2, 0) is 13.1 Å². The highest BCUT2D eigenvalue weighted by atomic mass is 32.2. The Morgan fingerprint density at radius 2 is 1.69 bits per heavy atom. The Bertz CT molecular complexity index is 1370. The van der Waals surface area contributed by atoms with E-state index in [1.807, 2.05) is 80.5 Å². The minimum Gasteiger partial charge on any atom is -0.492 e. The molecule has 0 saturated carbocycles. The molecule has 2 heterocycles. The summed E-state index contributed by atoms with van der Waals surface area (Å²) in [5, 5.41) is 1.32. The number of benzene rings is 2. The highest BCUT2D eigenvalue weighted by Crippen LogP contribution is 2.19. The number of aromatic nitrogens is 3. The molecule has 0 saturated heterocycles. The van der Waals surface area contributed by atoms with Crippen molar-refractivity contribution < 1.29 is 9.53 Å². The van der Waals surface area contributed by atoms with E-state index in [2.05, 4.69) is 4.90 Å². The van der Waals surface area contributed by atoms with Crippen molar-refractivity contribution in [3.8, 4) is 5.75 Å². The van der Waals surface area contributed by atoms with Crippen molar-refractivity contribution in [2.75, 3.05) is 33.5 Å². The van der Waals surface area contributed by atoms with Crippen LogP contribution in [0.4, 0.5) is 0 Å². The Hall–Kier alpha value is -3.36. The Kier molecular flexibility index (Phi) is 7.73. The predicted octanol–water partition coefficient (Wildman–Crippen LogP) is 4.16. The van der Waals surface area contributed by atoms with Gasteiger partial charge in [0.1, 0.15) is 18.0 Å². The Morgan fingerprint density at radius 1 is 1.03 bits per heavy atom. The van der Waals surface area contributed by atoms with Crippen LogP contribution in [0, 0.1) is 0 Å². The van der Waals surface area contributed by atoms with Crippen LogP contribution in [0.15, 0.2) is 70.7 Å². The van der Waals surface area contributed by atoms with Crippen LogP contribution < -0.4 is 10.3 Å². The number of carbonyl (C=O) groups excluding carboxylic acids is 1. The minimum atomic E-state index is -0.0331. The van der Waals surface area contributed by atoms with E-state index in [4.69, 9.17) is 9.72 Å². The van der Waals surface area contributed by atoms with Gasteiger partial charge in [-0.2, -0.15) is 0 Å². The number of thioether (sulfide) groups is 1. The number of likely N-dealkylation sites (N-methyl/N-ethyl adjacent to an activating group) is 1. The molecule has 0 unspecified atom stereocenters. The normalized spacial score (nSPS) is 11.3. The summed E-state index contributed by atoms with van der Waals surface area (Å²) in [6.45, 7) is 4.53. The van der Waals surface area contributed by atoms with Crippen LogP contribution in [0.25, 0.3) is 11.0 Å². The van der Waals surface area contributed by atoms with Crippen molar-refractivity contribution >= 4 is 28.6 Å². The van der Waals surface area contributed by atoms with Crippen LogP contribution in [0.2, 0.25) is 0 Å². The predicted molar refractivity (Wildman–Crippen MR) is 141 cm³/mol. The Balaban J connectivity index is 1.48. The molecule has 2 aromatic heterocycles. The van der Waals surface area contributed by atoms with Crippen molar-refractivity contribution in [3.63, 3.8) is 0 Å². The summed E-state index contributed by atoms with van der Waals surface area (Å²) in [6, 6.07) is 16.7. The molecule has 0 aliphatic heterocycles. The third-order valence-electron chi connectivity index (χ3n) is 5.83. The molecule has 0 bridgehead atoms. The molecular weight excluding hydrogens is 460 g/mol. The fourth-order valence-corrected chi connectivity index (χ4v) is 4.48. The van der Waals surface area contributed by atoms with E-state index in [9.17, 15) is 9.59 Å². The van der Waals surface area contributed by atoms with Crippen molar-refractivity contribution in [1.82, 2.24) is 19.0 Å². The fraction of sp³-hybridized carbons (Fsp3) is 0.296. The zero-order valence-corrected chi connectivity index (χ0v) is 21.3. The topological polar surface area (TPSA) is 69.4 Å². The Labute approximate surface area is 209 Å². The second-order valence-corrected chi connectivity index (χ2v) is 9.30. The molecule has 0 aliphatic rings. The number of hydrogen-bond donors (Lipinski definition) is 0. The number of ketones is 1. The lowest BCUT2D eigenvalue weighted by atomic mass is 10.0. The van der Waals surface area contributed by atoms with Gasteiger partial charge in [-0.1, -0.05) is 36.0 Å². The van der Waals surface area contributed by atoms with Gasteiger partial charge >= 0.3 is 0 Å². The smallest absolute Gasteiger partial charge is 0.263 e. The van der Waals surface area contributed by atoms with Crippen molar-refractivity contribution in [3.05, 3.63) is 87.8 Å². The van der Waals surface area contributed by atoms with Crippen LogP contribution >= 0.6 is 11.8 Å². The van der Waals surface area contributed by atoms with Gasteiger partial charge in [0.2, 0.25) is 0 Å². The minimum absolute atomic E-state index is 0.0179. The highest BCUT2D eigenvalue weighted by Gasteiger charge is 2.14. The molecule has 4 rings (SSSR count). The molecule has 182 valence electrons. The first-order valence-corrected chi connectivity index (χ1v) is 12.8. The molecule has 0 amide bonds. The maximum Gasteiger partial charge on any atom is 0.263 e. The van der Waals surface area contributed by atoms with Crippen molar-refractivity contribution in [1.29, 1.82) is 0 Å². The Morgan fingerprint density at radius 3 is 2.29 bits per heavy atom. The molecule has 8 heteroatoms. The summed E-state index contributed by atoms with van der Waals surface area (Å²) in [7, 11) is 4.00. The lowest BCUT2D eigenvalue weighted by Crippen LogP contribution is -2.22. The van der Waals surface area contributed by atoms with E-state index in [0.717, 1.165) is 17.9 Å². The van der Waals surface area contributed by atoms with Crippen LogP contribution in [0.3, 0.4) is 0 Å². The van der Waals surface area contributed by atoms with E-state index >= 15 is 0 Å². The maximum absolute atomic E-state index is 12.9. The van der Waals surface area contributed by atoms with Gasteiger partial charge in [-0.3, -0.25) is 14.2 Å². The van der Waals surface area contributed by atoms with Gasteiger partial charge in [0.25, 0.3) is 5.56 Å². The summed E-state index contributed by atoms with van der Waals surface area (Å²) in [5.74, 6) is 0.718. The molecule has 2 aromatic carbocycles. The summed E-state index contributed by atoms with van der Waals surface area (Å²) >= 11 is 1.47. The molecule has 0 fully saturated rings. The average Bonchev–Trinajstić information content (AvgIpc) is 3.27. The van der Waals surface area contributed by atoms with E-state index in [-0.39, 0.29) is 11.3 Å². The standard InChI is InChI=1S/C27H30N4O3S/c1-5-31-26(33)23-14-15-30(25(23)28-27(31)35-4)18-19-6-8-20(9-7-19)24(32)21-10-12-22(13-11-21)34-17-16-29(2)3/h6-15H,5,16-18H2,1-4H3. The lowest BCUT2D eigenvalue weighted by Gasteiger charge is -2.11.